The van der Waals surface area contributed by atoms with Gasteiger partial charge in [-0.25, -0.2) is 9.97 Å². The van der Waals surface area contributed by atoms with Gasteiger partial charge in [-0.3, -0.25) is 4.98 Å². The van der Waals surface area contributed by atoms with E-state index in [-0.39, 0.29) is 0 Å². The second kappa shape index (κ2) is 8.37. The molecule has 0 amide bonds. The summed E-state index contributed by atoms with van der Waals surface area (Å²) in [4.78, 5) is 14.3. The molecule has 31 heavy (non-hydrogen) atoms. The lowest BCUT2D eigenvalue weighted by Gasteiger charge is -2.09. The van der Waals surface area contributed by atoms with Gasteiger partial charge in [-0.2, -0.15) is 0 Å². The van der Waals surface area contributed by atoms with Crippen LogP contribution in [-0.2, 0) is 0 Å². The Bertz CT molecular complexity index is 1240. The highest BCUT2D eigenvalue weighted by Gasteiger charge is 2.11. The summed E-state index contributed by atoms with van der Waals surface area (Å²) in [5, 5.41) is 0. The number of hydrogen-bond donors (Lipinski definition) is 0. The predicted octanol–water partition coefficient (Wildman–Crippen LogP) is 5.33. The average Bonchev–Trinajstić information content (AvgIpc) is 2.85. The van der Waals surface area contributed by atoms with Crippen molar-refractivity contribution in [1.29, 1.82) is 0 Å². The van der Waals surface area contributed by atoms with E-state index in [0.717, 1.165) is 44.8 Å². The molecule has 5 aromatic rings. The molecule has 5 rings (SSSR count). The highest BCUT2D eigenvalue weighted by molar-refractivity contribution is 6.32. The number of benzene rings is 3. The van der Waals surface area contributed by atoms with Crippen molar-refractivity contribution in [2.45, 2.75) is 0 Å². The van der Waals surface area contributed by atoms with E-state index in [1.165, 1.54) is 0 Å². The maximum absolute atomic E-state index is 5.79. The maximum Gasteiger partial charge on any atom is 0.161 e. The lowest BCUT2D eigenvalue weighted by atomic mass is 9.95. The Labute approximate surface area is 182 Å². The monoisotopic (exact) mass is 395 g/mol. The van der Waals surface area contributed by atoms with Gasteiger partial charge < -0.3 is 0 Å². The Hall–Kier alpha value is -4.05. The third kappa shape index (κ3) is 4.14. The molecule has 0 fully saturated rings. The highest BCUT2D eigenvalue weighted by atomic mass is 14.9. The third-order valence-corrected chi connectivity index (χ3v) is 5.09. The Morgan fingerprint density at radius 2 is 1.00 bits per heavy atom. The van der Waals surface area contributed by atoms with E-state index in [9.17, 15) is 0 Å². The molecule has 0 aliphatic carbocycles. The largest absolute Gasteiger partial charge is 0.255 e. The van der Waals surface area contributed by atoms with Crippen LogP contribution in [0.1, 0.15) is 0 Å². The van der Waals surface area contributed by atoms with E-state index in [4.69, 9.17) is 17.8 Å². The molecule has 0 atom stereocenters. The molecule has 0 unspecified atom stereocenters. The Morgan fingerprint density at radius 1 is 0.484 bits per heavy atom. The minimum atomic E-state index is 0.650. The average molecular weight is 395 g/mol. The molecule has 144 valence electrons. The van der Waals surface area contributed by atoms with Crippen LogP contribution in [0.2, 0.25) is 0 Å². The first-order chi connectivity index (χ1) is 15.3. The van der Waals surface area contributed by atoms with Gasteiger partial charge in [0.2, 0.25) is 0 Å². The summed E-state index contributed by atoms with van der Waals surface area (Å²) in [7, 11) is 5.79. The van der Waals surface area contributed by atoms with Gasteiger partial charge in [-0.15, -0.1) is 0 Å². The van der Waals surface area contributed by atoms with Crippen LogP contribution >= 0.6 is 0 Å². The van der Waals surface area contributed by atoms with E-state index in [1.807, 2.05) is 85.1 Å². The Balaban J connectivity index is 1.58. The van der Waals surface area contributed by atoms with Crippen LogP contribution in [0.3, 0.4) is 0 Å². The lowest BCUT2D eigenvalue weighted by molar-refractivity contribution is 1.17. The second-order valence-electron chi connectivity index (χ2n) is 7.25. The minimum absolute atomic E-state index is 0.650. The second-order valence-corrected chi connectivity index (χ2v) is 7.25. The van der Waals surface area contributed by atoms with Crippen LogP contribution in [0.15, 0.2) is 109 Å². The Kier molecular flexibility index (Phi) is 5.11. The summed E-state index contributed by atoms with van der Waals surface area (Å²) in [5.41, 5.74) is 7.37. The summed E-state index contributed by atoms with van der Waals surface area (Å²) in [5.74, 6) is 0.650. The molecule has 0 aliphatic rings. The maximum atomic E-state index is 5.79. The third-order valence-electron chi connectivity index (χ3n) is 5.09. The fourth-order valence-electron chi connectivity index (χ4n) is 3.44. The van der Waals surface area contributed by atoms with Crippen LogP contribution in [-0.4, -0.2) is 22.8 Å². The number of pyridine rings is 1. The van der Waals surface area contributed by atoms with Crippen LogP contribution in [0.5, 0.6) is 0 Å². The SMILES string of the molecule is [B]c1ccc(-c2ccc(-c3nc(-c4ccccc4)cc(-c4ccccc4)n3)cn2)cc1. The molecule has 0 spiro atoms. The molecule has 2 radical (unpaired) electrons. The van der Waals surface area contributed by atoms with Crippen LogP contribution in [0, 0.1) is 0 Å². The van der Waals surface area contributed by atoms with Gasteiger partial charge in [-0.1, -0.05) is 90.4 Å². The highest BCUT2D eigenvalue weighted by Crippen LogP contribution is 2.27. The van der Waals surface area contributed by atoms with Crippen LogP contribution in [0.25, 0.3) is 45.2 Å². The zero-order chi connectivity index (χ0) is 21.0. The van der Waals surface area contributed by atoms with Crippen molar-refractivity contribution in [2.24, 2.45) is 0 Å². The first-order valence-electron chi connectivity index (χ1n) is 10.1. The molecule has 0 aliphatic heterocycles. The van der Waals surface area contributed by atoms with Crippen molar-refractivity contribution in [3.63, 3.8) is 0 Å². The van der Waals surface area contributed by atoms with E-state index < -0.39 is 0 Å². The fraction of sp³-hybridized carbons (Fsp3) is 0. The summed E-state index contributed by atoms with van der Waals surface area (Å²) < 4.78 is 0. The Morgan fingerprint density at radius 3 is 1.52 bits per heavy atom. The smallest absolute Gasteiger partial charge is 0.161 e. The molecule has 2 aromatic heterocycles. The first kappa shape index (κ1) is 19.0. The summed E-state index contributed by atoms with van der Waals surface area (Å²) in [6.07, 6.45) is 1.82. The van der Waals surface area contributed by atoms with Crippen molar-refractivity contribution >= 4 is 13.3 Å². The quantitative estimate of drug-likeness (QED) is 0.386. The zero-order valence-electron chi connectivity index (χ0n) is 16.8. The van der Waals surface area contributed by atoms with E-state index in [0.29, 0.717) is 5.82 Å². The van der Waals surface area contributed by atoms with E-state index in [1.54, 1.807) is 0 Å². The van der Waals surface area contributed by atoms with Crippen LogP contribution < -0.4 is 5.46 Å². The molecule has 0 saturated carbocycles. The summed E-state index contributed by atoms with van der Waals surface area (Å²) >= 11 is 0. The molecule has 0 N–H and O–H groups in total. The molecule has 0 bridgehead atoms. The van der Waals surface area contributed by atoms with Gasteiger partial charge in [0.05, 0.1) is 17.1 Å². The van der Waals surface area contributed by atoms with Gasteiger partial charge >= 0.3 is 0 Å². The number of rotatable bonds is 4. The first-order valence-corrected chi connectivity index (χ1v) is 10.1. The molecule has 3 nitrogen and oxygen atoms in total. The fourth-order valence-corrected chi connectivity index (χ4v) is 3.44. The summed E-state index contributed by atoms with van der Waals surface area (Å²) in [6, 6.07) is 34.0. The standard InChI is InChI=1S/C27H18BN3/c28-23-14-11-21(12-15-23)24-16-13-22(18-29-24)27-30-25(19-7-3-1-4-8-19)17-26(31-27)20-9-5-2-6-10-20/h1-18H. The van der Waals surface area contributed by atoms with Crippen molar-refractivity contribution in [2.75, 3.05) is 0 Å². The van der Waals surface area contributed by atoms with Gasteiger partial charge in [0.25, 0.3) is 0 Å². The topological polar surface area (TPSA) is 38.7 Å². The van der Waals surface area contributed by atoms with Crippen molar-refractivity contribution in [3.8, 4) is 45.2 Å². The van der Waals surface area contributed by atoms with Crippen molar-refractivity contribution < 1.29 is 0 Å². The van der Waals surface area contributed by atoms with Gasteiger partial charge in [0.1, 0.15) is 7.85 Å². The van der Waals surface area contributed by atoms with Crippen LogP contribution in [0.4, 0.5) is 0 Å². The predicted molar refractivity (Wildman–Crippen MR) is 127 cm³/mol. The molecule has 0 saturated heterocycles. The minimum Gasteiger partial charge on any atom is -0.255 e. The van der Waals surface area contributed by atoms with E-state index >= 15 is 0 Å². The molecular weight excluding hydrogens is 377 g/mol. The molecular formula is C27H18BN3. The molecule has 3 aromatic carbocycles. The lowest BCUT2D eigenvalue weighted by Crippen LogP contribution is -1.99. The van der Waals surface area contributed by atoms with E-state index in [2.05, 4.69) is 29.2 Å². The normalized spacial score (nSPS) is 10.7. The van der Waals surface area contributed by atoms with Crippen molar-refractivity contribution in [3.05, 3.63) is 109 Å². The van der Waals surface area contributed by atoms with Gasteiger partial charge in [0, 0.05) is 28.5 Å². The molecule has 4 heteroatoms. The number of aromatic nitrogens is 3. The van der Waals surface area contributed by atoms with Crippen molar-refractivity contribution in [1.82, 2.24) is 15.0 Å². The summed E-state index contributed by atoms with van der Waals surface area (Å²) in [6.45, 7) is 0. The van der Waals surface area contributed by atoms with Gasteiger partial charge in [0.15, 0.2) is 5.82 Å². The zero-order valence-corrected chi connectivity index (χ0v) is 16.8. The number of hydrogen-bond acceptors (Lipinski definition) is 3. The number of nitrogens with zero attached hydrogens (tertiary/aromatic N) is 3. The molecule has 2 heterocycles. The van der Waals surface area contributed by atoms with Gasteiger partial charge in [-0.05, 0) is 18.2 Å².